The Hall–Kier alpha value is -4.50. The number of methoxy groups -OCH3 is 2. The number of amides is 1. The quantitative estimate of drug-likeness (QED) is 0.238. The summed E-state index contributed by atoms with van der Waals surface area (Å²) in [6, 6.07) is 17.1. The van der Waals surface area contributed by atoms with Gasteiger partial charge in [0.1, 0.15) is 10.8 Å². The van der Waals surface area contributed by atoms with E-state index in [4.69, 9.17) is 9.47 Å². The number of aryl methyl sites for hydroxylation is 2. The highest BCUT2D eigenvalue weighted by molar-refractivity contribution is 7.09. The average Bonchev–Trinajstić information content (AvgIpc) is 3.50. The molecule has 0 aliphatic rings. The number of anilines is 2. The van der Waals surface area contributed by atoms with Gasteiger partial charge in [-0.2, -0.15) is 0 Å². The number of pyridine rings is 2. The molecule has 5 aromatic rings. The molecule has 0 radical (unpaired) electrons. The van der Waals surface area contributed by atoms with Gasteiger partial charge in [-0.1, -0.05) is 17.7 Å². The van der Waals surface area contributed by atoms with Gasteiger partial charge in [0.05, 0.1) is 31.3 Å². The molecule has 0 aliphatic heterocycles. The van der Waals surface area contributed by atoms with E-state index in [9.17, 15) is 4.79 Å². The van der Waals surface area contributed by atoms with Crippen molar-refractivity contribution in [3.05, 3.63) is 100 Å². The van der Waals surface area contributed by atoms with Crippen LogP contribution in [-0.4, -0.2) is 35.1 Å². The minimum Gasteiger partial charge on any atom is -0.493 e. The average molecular weight is 542 g/mol. The molecular formula is C30H31N5O3S. The summed E-state index contributed by atoms with van der Waals surface area (Å²) in [5.41, 5.74) is 4.67. The first kappa shape index (κ1) is 27.5. The number of aromatic nitrogens is 3. The van der Waals surface area contributed by atoms with Gasteiger partial charge in [0.15, 0.2) is 11.5 Å². The fraction of sp³-hybridized carbons (Fsp3) is 0.200. The molecular weight excluding hydrogens is 510 g/mol. The maximum absolute atomic E-state index is 12.6. The molecule has 39 heavy (non-hydrogen) atoms. The van der Waals surface area contributed by atoms with Crippen LogP contribution in [0, 0.1) is 13.8 Å². The van der Waals surface area contributed by atoms with E-state index in [2.05, 4.69) is 32.5 Å². The van der Waals surface area contributed by atoms with Crippen molar-refractivity contribution in [2.75, 3.05) is 19.5 Å². The number of nitrogens with zero attached hydrogens (tertiary/aromatic N) is 3. The van der Waals surface area contributed by atoms with Gasteiger partial charge in [0.25, 0.3) is 5.91 Å². The fourth-order valence-corrected chi connectivity index (χ4v) is 4.50. The third kappa shape index (κ3) is 6.88. The van der Waals surface area contributed by atoms with Crippen LogP contribution in [0.25, 0.3) is 10.9 Å². The Morgan fingerprint density at radius 2 is 1.64 bits per heavy atom. The van der Waals surface area contributed by atoms with Crippen LogP contribution in [0.2, 0.25) is 0 Å². The molecule has 3 aromatic heterocycles. The molecule has 200 valence electrons. The van der Waals surface area contributed by atoms with E-state index in [1.807, 2.05) is 61.7 Å². The minimum absolute atomic E-state index is 0.148. The van der Waals surface area contributed by atoms with Gasteiger partial charge in [-0.15, -0.1) is 11.3 Å². The molecule has 0 fully saturated rings. The Bertz CT molecular complexity index is 1540. The van der Waals surface area contributed by atoms with Crippen molar-refractivity contribution in [3.8, 4) is 11.5 Å². The maximum atomic E-state index is 12.6. The van der Waals surface area contributed by atoms with E-state index >= 15 is 0 Å². The summed E-state index contributed by atoms with van der Waals surface area (Å²) in [5, 5.41) is 10.0. The lowest BCUT2D eigenvalue weighted by Crippen LogP contribution is -2.27. The molecule has 8 nitrogen and oxygen atoms in total. The number of benzene rings is 2. The topological polar surface area (TPSA) is 98.3 Å². The second-order valence-electron chi connectivity index (χ2n) is 8.81. The molecule has 0 spiro atoms. The third-order valence-electron chi connectivity index (χ3n) is 6.00. The number of fused-ring (bicyclic) bond motifs is 1. The summed E-state index contributed by atoms with van der Waals surface area (Å²) in [4.78, 5) is 25.4. The van der Waals surface area contributed by atoms with Crippen molar-refractivity contribution < 1.29 is 14.3 Å². The molecule has 2 N–H and O–H groups in total. The van der Waals surface area contributed by atoms with Crippen LogP contribution in [0.4, 0.5) is 11.5 Å². The van der Waals surface area contributed by atoms with Crippen LogP contribution >= 0.6 is 11.3 Å². The lowest BCUT2D eigenvalue weighted by molar-refractivity contribution is 0.0940. The van der Waals surface area contributed by atoms with Gasteiger partial charge in [0, 0.05) is 41.1 Å². The largest absolute Gasteiger partial charge is 0.493 e. The molecule has 0 saturated heterocycles. The van der Waals surface area contributed by atoms with Crippen LogP contribution < -0.4 is 20.1 Å². The van der Waals surface area contributed by atoms with Crippen LogP contribution in [0.1, 0.15) is 39.5 Å². The van der Waals surface area contributed by atoms with Gasteiger partial charge >= 0.3 is 0 Å². The number of thiazole rings is 1. The van der Waals surface area contributed by atoms with Gasteiger partial charge in [-0.05, 0) is 62.7 Å². The van der Waals surface area contributed by atoms with Crippen LogP contribution in [0.3, 0.4) is 0 Å². The number of hydrogen-bond acceptors (Lipinski definition) is 8. The number of carbonyl (C=O) groups is 1. The predicted octanol–water partition coefficient (Wildman–Crippen LogP) is 6.64. The zero-order chi connectivity index (χ0) is 27.8. The Kier molecular flexibility index (Phi) is 9.06. The summed E-state index contributed by atoms with van der Waals surface area (Å²) in [7, 11) is 3.26. The fourth-order valence-electron chi connectivity index (χ4n) is 3.86. The first-order valence-electron chi connectivity index (χ1n) is 12.4. The summed E-state index contributed by atoms with van der Waals surface area (Å²) in [6.07, 6.45) is 5.19. The molecule has 9 heteroatoms. The van der Waals surface area contributed by atoms with E-state index < -0.39 is 0 Å². The Morgan fingerprint density at radius 1 is 0.897 bits per heavy atom. The highest BCUT2D eigenvalue weighted by Crippen LogP contribution is 2.32. The molecule has 1 amide bonds. The molecule has 3 heterocycles. The van der Waals surface area contributed by atoms with Gasteiger partial charge < -0.3 is 20.1 Å². The number of rotatable bonds is 7. The first-order valence-corrected chi connectivity index (χ1v) is 13.2. The monoisotopic (exact) mass is 541 g/mol. The van der Waals surface area contributed by atoms with Crippen molar-refractivity contribution in [3.63, 3.8) is 0 Å². The predicted molar refractivity (Wildman–Crippen MR) is 156 cm³/mol. The van der Waals surface area contributed by atoms with Crippen molar-refractivity contribution in [2.24, 2.45) is 0 Å². The van der Waals surface area contributed by atoms with Gasteiger partial charge in [-0.3, -0.25) is 9.78 Å². The summed E-state index contributed by atoms with van der Waals surface area (Å²) >= 11 is 1.52. The van der Waals surface area contributed by atoms with Crippen molar-refractivity contribution in [2.45, 2.75) is 26.8 Å². The molecule has 0 aliphatic carbocycles. The zero-order valence-corrected chi connectivity index (χ0v) is 23.4. The van der Waals surface area contributed by atoms with Crippen LogP contribution in [0.15, 0.2) is 78.6 Å². The normalized spacial score (nSPS) is 11.2. The smallest absolute Gasteiger partial charge is 0.255 e. The second-order valence-corrected chi connectivity index (χ2v) is 9.73. The van der Waals surface area contributed by atoms with E-state index in [0.717, 1.165) is 27.3 Å². The molecule has 5 rings (SSSR count). The highest BCUT2D eigenvalue weighted by atomic mass is 32.1. The Morgan fingerprint density at radius 3 is 2.33 bits per heavy atom. The standard InChI is InChI=1S/C18H18N4OS.C12H13NO2/c1-12-5-7-14(8-6-12)22-16-15(4-3-9-19-16)17(23)21-13(2)18-20-10-11-24-18;1-8-4-5-13-10-7-12(15-3)11(14-2)6-9(8)10/h3-11,13H,1-2H3,(H,19,22)(H,21,23);4-7H,1-3H3. The highest BCUT2D eigenvalue weighted by Gasteiger charge is 2.17. The van der Waals surface area contributed by atoms with Gasteiger partial charge in [0.2, 0.25) is 0 Å². The molecule has 2 aromatic carbocycles. The molecule has 0 saturated carbocycles. The van der Waals surface area contributed by atoms with Crippen LogP contribution in [-0.2, 0) is 0 Å². The summed E-state index contributed by atoms with van der Waals surface area (Å²) in [5.74, 6) is 1.80. The number of carbonyl (C=O) groups excluding carboxylic acids is 1. The zero-order valence-electron chi connectivity index (χ0n) is 22.6. The maximum Gasteiger partial charge on any atom is 0.255 e. The van der Waals surface area contributed by atoms with Crippen molar-refractivity contribution in [1.29, 1.82) is 0 Å². The summed E-state index contributed by atoms with van der Waals surface area (Å²) < 4.78 is 10.5. The van der Waals surface area contributed by atoms with Crippen molar-refractivity contribution >= 4 is 39.7 Å². The number of nitrogens with one attached hydrogen (secondary N) is 2. The molecule has 1 unspecified atom stereocenters. The van der Waals surface area contributed by atoms with E-state index in [-0.39, 0.29) is 11.9 Å². The lowest BCUT2D eigenvalue weighted by atomic mass is 10.1. The van der Waals surface area contributed by atoms with Crippen molar-refractivity contribution in [1.82, 2.24) is 20.3 Å². The first-order chi connectivity index (χ1) is 18.9. The Balaban J connectivity index is 0.000000202. The van der Waals surface area contributed by atoms with Gasteiger partial charge in [-0.25, -0.2) is 9.97 Å². The lowest BCUT2D eigenvalue weighted by Gasteiger charge is -2.14. The SMILES string of the molecule is COc1cc2nccc(C)c2cc1OC.Cc1ccc(Nc2ncccc2C(=O)NC(C)c2nccs2)cc1. The molecule has 0 bridgehead atoms. The number of ether oxygens (including phenoxy) is 2. The van der Waals surface area contributed by atoms with Crippen LogP contribution in [0.5, 0.6) is 11.5 Å². The number of hydrogen-bond donors (Lipinski definition) is 2. The summed E-state index contributed by atoms with van der Waals surface area (Å²) in [6.45, 7) is 6.00. The molecule has 1 atom stereocenters. The second kappa shape index (κ2) is 12.8. The third-order valence-corrected chi connectivity index (χ3v) is 6.96. The minimum atomic E-state index is -0.180. The van der Waals surface area contributed by atoms with E-state index in [0.29, 0.717) is 17.1 Å². The van der Waals surface area contributed by atoms with E-state index in [1.165, 1.54) is 22.5 Å². The Labute approximate surface area is 232 Å². The van der Waals surface area contributed by atoms with E-state index in [1.54, 1.807) is 44.9 Å².